The Hall–Kier alpha value is -0.500. The maximum Gasteiger partial charge on any atom is 0.331 e. The fourth-order valence-electron chi connectivity index (χ4n) is 0.753. The summed E-state index contributed by atoms with van der Waals surface area (Å²) >= 11 is 0. The van der Waals surface area contributed by atoms with Crippen molar-refractivity contribution in [3.63, 3.8) is 0 Å². The largest absolute Gasteiger partial charge is 0.391 e. The molecule has 6 nitrogen and oxygen atoms in total. The SMILES string of the molecule is CC(C)(C)OS(=O)(=O)C(=O)CC(O)CN. The first-order chi connectivity index (χ1) is 6.58. The van der Waals surface area contributed by atoms with E-state index in [0.29, 0.717) is 0 Å². The molecule has 0 aromatic rings. The van der Waals surface area contributed by atoms with Crippen LogP contribution in [0, 0.1) is 0 Å². The molecule has 15 heavy (non-hydrogen) atoms. The molecule has 1 unspecified atom stereocenters. The van der Waals surface area contributed by atoms with E-state index in [-0.39, 0.29) is 6.54 Å². The van der Waals surface area contributed by atoms with Crippen LogP contribution in [0.5, 0.6) is 0 Å². The van der Waals surface area contributed by atoms with Crippen molar-refractivity contribution in [3.05, 3.63) is 0 Å². The molecule has 0 aromatic heterocycles. The number of hydrogen-bond acceptors (Lipinski definition) is 6. The van der Waals surface area contributed by atoms with E-state index in [1.165, 1.54) is 20.8 Å². The number of aliphatic hydroxyl groups excluding tert-OH is 1. The molecule has 0 fully saturated rings. The van der Waals surface area contributed by atoms with Crippen LogP contribution < -0.4 is 5.73 Å². The number of hydrogen-bond donors (Lipinski definition) is 2. The summed E-state index contributed by atoms with van der Waals surface area (Å²) in [4.78, 5) is 11.2. The molecule has 0 aliphatic rings. The molecule has 0 saturated heterocycles. The Balaban J connectivity index is 4.55. The van der Waals surface area contributed by atoms with Gasteiger partial charge in [0, 0.05) is 6.54 Å². The zero-order chi connectivity index (χ0) is 12.3. The molecule has 0 radical (unpaired) electrons. The van der Waals surface area contributed by atoms with Crippen LogP contribution in [0.4, 0.5) is 0 Å². The van der Waals surface area contributed by atoms with Gasteiger partial charge in [-0.3, -0.25) is 8.98 Å². The minimum atomic E-state index is -4.28. The van der Waals surface area contributed by atoms with Crippen LogP contribution in [0.2, 0.25) is 0 Å². The lowest BCUT2D eigenvalue weighted by Crippen LogP contribution is -2.32. The number of aliphatic hydroxyl groups is 1. The molecule has 3 N–H and O–H groups in total. The van der Waals surface area contributed by atoms with Crippen LogP contribution in [0.15, 0.2) is 0 Å². The Morgan fingerprint density at radius 2 is 1.93 bits per heavy atom. The van der Waals surface area contributed by atoms with Crippen LogP contribution >= 0.6 is 0 Å². The van der Waals surface area contributed by atoms with Gasteiger partial charge in [0.15, 0.2) is 0 Å². The van der Waals surface area contributed by atoms with Gasteiger partial charge >= 0.3 is 10.1 Å². The van der Waals surface area contributed by atoms with Gasteiger partial charge in [-0.05, 0) is 20.8 Å². The zero-order valence-corrected chi connectivity index (χ0v) is 9.87. The van der Waals surface area contributed by atoms with Gasteiger partial charge in [-0.2, -0.15) is 8.42 Å². The van der Waals surface area contributed by atoms with Crippen molar-refractivity contribution in [1.29, 1.82) is 0 Å². The van der Waals surface area contributed by atoms with Gasteiger partial charge in [0.05, 0.1) is 18.1 Å². The molecule has 0 spiro atoms. The standard InChI is InChI=1S/C8H17NO5S/c1-8(2,3)14-15(12,13)7(11)4-6(10)5-9/h6,10H,4-5,9H2,1-3H3. The van der Waals surface area contributed by atoms with Crippen molar-refractivity contribution < 1.29 is 22.5 Å². The fraction of sp³-hybridized carbons (Fsp3) is 0.875. The van der Waals surface area contributed by atoms with E-state index in [1.54, 1.807) is 0 Å². The van der Waals surface area contributed by atoms with Gasteiger partial charge < -0.3 is 10.8 Å². The highest BCUT2D eigenvalue weighted by atomic mass is 32.2. The number of carbonyl (C=O) groups excluding carboxylic acids is 1. The monoisotopic (exact) mass is 239 g/mol. The summed E-state index contributed by atoms with van der Waals surface area (Å²) in [6.45, 7) is 4.36. The molecular formula is C8H17NO5S. The van der Waals surface area contributed by atoms with Crippen LogP contribution in [0.1, 0.15) is 27.2 Å². The first-order valence-electron chi connectivity index (χ1n) is 4.45. The summed E-state index contributed by atoms with van der Waals surface area (Å²) in [6.07, 6.45) is -1.70. The topological polar surface area (TPSA) is 107 Å². The first-order valence-corrected chi connectivity index (χ1v) is 5.86. The van der Waals surface area contributed by atoms with E-state index in [0.717, 1.165) is 0 Å². The molecule has 0 aliphatic carbocycles. The maximum absolute atomic E-state index is 11.3. The molecule has 0 bridgehead atoms. The Bertz CT molecular complexity index is 316. The molecule has 90 valence electrons. The molecule has 7 heteroatoms. The molecule has 0 aromatic carbocycles. The smallest absolute Gasteiger partial charge is 0.331 e. The average molecular weight is 239 g/mol. The van der Waals surface area contributed by atoms with E-state index in [2.05, 4.69) is 4.18 Å². The van der Waals surface area contributed by atoms with E-state index in [1.807, 2.05) is 0 Å². The third-order valence-corrected chi connectivity index (χ3v) is 2.76. The fourth-order valence-corrected chi connectivity index (χ4v) is 1.90. The van der Waals surface area contributed by atoms with Crippen LogP contribution in [0.25, 0.3) is 0 Å². The van der Waals surface area contributed by atoms with Gasteiger partial charge in [0.25, 0.3) is 5.12 Å². The lowest BCUT2D eigenvalue weighted by atomic mass is 10.2. The summed E-state index contributed by atoms with van der Waals surface area (Å²) in [5, 5.41) is 7.87. The minimum absolute atomic E-state index is 0.170. The maximum atomic E-state index is 11.3. The van der Waals surface area contributed by atoms with Gasteiger partial charge in [0.1, 0.15) is 0 Å². The van der Waals surface area contributed by atoms with Crippen LogP contribution in [-0.4, -0.2) is 36.9 Å². The van der Waals surface area contributed by atoms with Crippen molar-refractivity contribution in [3.8, 4) is 0 Å². The summed E-state index contributed by atoms with van der Waals surface area (Å²) in [5.74, 6) is 0. The molecule has 0 saturated carbocycles. The van der Waals surface area contributed by atoms with Crippen LogP contribution in [-0.2, 0) is 19.1 Å². The van der Waals surface area contributed by atoms with E-state index < -0.39 is 33.4 Å². The molecule has 0 aliphatic heterocycles. The summed E-state index contributed by atoms with van der Waals surface area (Å²) in [6, 6.07) is 0. The zero-order valence-electron chi connectivity index (χ0n) is 9.06. The van der Waals surface area contributed by atoms with E-state index in [4.69, 9.17) is 10.8 Å². The van der Waals surface area contributed by atoms with E-state index in [9.17, 15) is 13.2 Å². The van der Waals surface area contributed by atoms with Crippen molar-refractivity contribution >= 4 is 15.2 Å². The third-order valence-electron chi connectivity index (χ3n) is 1.31. The Morgan fingerprint density at radius 1 is 1.47 bits per heavy atom. The van der Waals surface area contributed by atoms with Gasteiger partial charge in [-0.1, -0.05) is 0 Å². The molecule has 0 heterocycles. The van der Waals surface area contributed by atoms with Crippen molar-refractivity contribution in [2.24, 2.45) is 5.73 Å². The highest BCUT2D eigenvalue weighted by Crippen LogP contribution is 2.14. The number of rotatable bonds is 4. The van der Waals surface area contributed by atoms with Crippen molar-refractivity contribution in [2.75, 3.05) is 6.54 Å². The normalized spacial score (nSPS) is 15.0. The minimum Gasteiger partial charge on any atom is -0.391 e. The predicted molar refractivity (Wildman–Crippen MR) is 54.4 cm³/mol. The van der Waals surface area contributed by atoms with Crippen molar-refractivity contribution in [1.82, 2.24) is 0 Å². The summed E-state index contributed by atoms with van der Waals surface area (Å²) < 4.78 is 27.2. The highest BCUT2D eigenvalue weighted by Gasteiger charge is 2.30. The second-order valence-electron chi connectivity index (χ2n) is 4.12. The molecule has 0 rings (SSSR count). The molecule has 0 amide bonds. The quantitative estimate of drug-likeness (QED) is 0.632. The summed E-state index contributed by atoms with van der Waals surface area (Å²) in [5.41, 5.74) is 4.08. The lowest BCUT2D eigenvalue weighted by Gasteiger charge is -2.18. The Labute approximate surface area is 89.5 Å². The third kappa shape index (κ3) is 5.83. The van der Waals surface area contributed by atoms with Crippen molar-refractivity contribution in [2.45, 2.75) is 38.9 Å². The lowest BCUT2D eigenvalue weighted by molar-refractivity contribution is -0.114. The number of nitrogens with two attached hydrogens (primary N) is 1. The highest BCUT2D eigenvalue weighted by molar-refractivity contribution is 8.02. The summed E-state index contributed by atoms with van der Waals surface area (Å²) in [7, 11) is -4.28. The van der Waals surface area contributed by atoms with Gasteiger partial charge in [-0.15, -0.1) is 0 Å². The second kappa shape index (κ2) is 5.02. The van der Waals surface area contributed by atoms with Gasteiger partial charge in [-0.25, -0.2) is 0 Å². The predicted octanol–water partition coefficient (Wildman–Crippen LogP) is -0.632. The average Bonchev–Trinajstić information content (AvgIpc) is 1.99. The molecular weight excluding hydrogens is 222 g/mol. The Kier molecular flexibility index (Phi) is 4.85. The van der Waals surface area contributed by atoms with Gasteiger partial charge in [0.2, 0.25) is 0 Å². The molecule has 1 atom stereocenters. The first kappa shape index (κ1) is 14.5. The van der Waals surface area contributed by atoms with E-state index >= 15 is 0 Å². The Morgan fingerprint density at radius 3 is 2.27 bits per heavy atom. The number of carbonyl (C=O) groups is 1. The second-order valence-corrected chi connectivity index (χ2v) is 5.65. The van der Waals surface area contributed by atoms with Crippen LogP contribution in [0.3, 0.4) is 0 Å².